The zero-order chi connectivity index (χ0) is 13.9. The molecule has 0 radical (unpaired) electrons. The highest BCUT2D eigenvalue weighted by molar-refractivity contribution is 5.96. The SMILES string of the molecule is CC(C)Cc1ccc(NC(=O)C2(CO)CCC2)cc1. The van der Waals surface area contributed by atoms with Crippen LogP contribution in [0, 0.1) is 11.3 Å². The van der Waals surface area contributed by atoms with Crippen molar-refractivity contribution in [2.75, 3.05) is 11.9 Å². The standard InChI is InChI=1S/C16H23NO2/c1-12(2)10-13-4-6-14(7-5-13)17-15(19)16(11-18)8-3-9-16/h4-7,12,18H,3,8-11H2,1-2H3,(H,17,19). The number of carbonyl (C=O) groups is 1. The van der Waals surface area contributed by atoms with Crippen LogP contribution >= 0.6 is 0 Å². The Morgan fingerprint density at radius 3 is 2.37 bits per heavy atom. The summed E-state index contributed by atoms with van der Waals surface area (Å²) in [5.41, 5.74) is 1.57. The van der Waals surface area contributed by atoms with Gasteiger partial charge in [-0.15, -0.1) is 0 Å². The van der Waals surface area contributed by atoms with Gasteiger partial charge >= 0.3 is 0 Å². The van der Waals surface area contributed by atoms with Gasteiger partial charge in [0.25, 0.3) is 0 Å². The van der Waals surface area contributed by atoms with Crippen LogP contribution in [-0.4, -0.2) is 17.6 Å². The van der Waals surface area contributed by atoms with E-state index in [1.54, 1.807) is 0 Å². The number of benzene rings is 1. The van der Waals surface area contributed by atoms with Gasteiger partial charge in [0.15, 0.2) is 0 Å². The number of nitrogens with one attached hydrogen (secondary N) is 1. The van der Waals surface area contributed by atoms with E-state index in [4.69, 9.17) is 0 Å². The van der Waals surface area contributed by atoms with E-state index in [0.29, 0.717) is 5.92 Å². The monoisotopic (exact) mass is 261 g/mol. The van der Waals surface area contributed by atoms with E-state index in [1.807, 2.05) is 12.1 Å². The molecule has 19 heavy (non-hydrogen) atoms. The van der Waals surface area contributed by atoms with Gasteiger partial charge in [-0.1, -0.05) is 32.4 Å². The molecule has 0 spiro atoms. The molecule has 1 fully saturated rings. The summed E-state index contributed by atoms with van der Waals surface area (Å²) in [4.78, 5) is 12.1. The number of hydrogen-bond donors (Lipinski definition) is 2. The average Bonchev–Trinajstić information content (AvgIpc) is 2.30. The molecule has 1 aromatic carbocycles. The van der Waals surface area contributed by atoms with Crippen molar-refractivity contribution in [1.29, 1.82) is 0 Å². The number of aliphatic hydroxyl groups is 1. The first-order chi connectivity index (χ1) is 9.05. The van der Waals surface area contributed by atoms with E-state index < -0.39 is 5.41 Å². The molecule has 2 rings (SSSR count). The molecule has 1 saturated carbocycles. The second-order valence-corrected chi connectivity index (χ2v) is 6.04. The van der Waals surface area contributed by atoms with Crippen LogP contribution in [0.15, 0.2) is 24.3 Å². The minimum absolute atomic E-state index is 0.0436. The first kappa shape index (κ1) is 14.1. The molecule has 0 saturated heterocycles. The van der Waals surface area contributed by atoms with Crippen molar-refractivity contribution in [1.82, 2.24) is 0 Å². The molecule has 1 aromatic rings. The molecule has 0 bridgehead atoms. The van der Waals surface area contributed by atoms with Crippen molar-refractivity contribution in [2.24, 2.45) is 11.3 Å². The van der Waals surface area contributed by atoms with Gasteiger partial charge in [-0.3, -0.25) is 4.79 Å². The predicted octanol–water partition coefficient (Wildman–Crippen LogP) is 2.99. The van der Waals surface area contributed by atoms with Crippen LogP contribution in [0.25, 0.3) is 0 Å². The molecule has 0 aliphatic heterocycles. The summed E-state index contributed by atoms with van der Waals surface area (Å²) in [6, 6.07) is 8.00. The second-order valence-electron chi connectivity index (χ2n) is 6.04. The molecule has 0 unspecified atom stereocenters. The largest absolute Gasteiger partial charge is 0.395 e. The molecule has 0 heterocycles. The highest BCUT2D eigenvalue weighted by atomic mass is 16.3. The van der Waals surface area contributed by atoms with Gasteiger partial charge in [0, 0.05) is 5.69 Å². The van der Waals surface area contributed by atoms with Crippen LogP contribution < -0.4 is 5.32 Å². The highest BCUT2D eigenvalue weighted by Gasteiger charge is 2.43. The van der Waals surface area contributed by atoms with Gasteiger partial charge < -0.3 is 10.4 Å². The van der Waals surface area contributed by atoms with Gasteiger partial charge in [0.1, 0.15) is 0 Å². The maximum absolute atomic E-state index is 12.1. The van der Waals surface area contributed by atoms with Crippen molar-refractivity contribution >= 4 is 11.6 Å². The number of aliphatic hydroxyl groups excluding tert-OH is 1. The lowest BCUT2D eigenvalue weighted by Gasteiger charge is -2.38. The normalized spacial score (nSPS) is 17.1. The molecule has 104 valence electrons. The van der Waals surface area contributed by atoms with Gasteiger partial charge in [-0.2, -0.15) is 0 Å². The van der Waals surface area contributed by atoms with Gasteiger partial charge in [0.05, 0.1) is 12.0 Å². The van der Waals surface area contributed by atoms with Crippen LogP contribution in [0.1, 0.15) is 38.7 Å². The maximum atomic E-state index is 12.1. The molecule has 0 aromatic heterocycles. The van der Waals surface area contributed by atoms with E-state index in [1.165, 1.54) is 5.56 Å². The maximum Gasteiger partial charge on any atom is 0.232 e. The number of anilines is 1. The summed E-state index contributed by atoms with van der Waals surface area (Å²) in [7, 11) is 0. The molecule has 1 amide bonds. The Labute approximate surface area is 115 Å². The van der Waals surface area contributed by atoms with Crippen molar-refractivity contribution in [3.8, 4) is 0 Å². The van der Waals surface area contributed by atoms with Crippen LogP contribution in [0.4, 0.5) is 5.69 Å². The Hall–Kier alpha value is -1.35. The van der Waals surface area contributed by atoms with Crippen molar-refractivity contribution < 1.29 is 9.90 Å². The fourth-order valence-corrected chi connectivity index (χ4v) is 2.52. The molecular formula is C16H23NO2. The molecule has 3 heteroatoms. The van der Waals surface area contributed by atoms with Crippen molar-refractivity contribution in [2.45, 2.75) is 39.5 Å². The van der Waals surface area contributed by atoms with Gasteiger partial charge in [-0.25, -0.2) is 0 Å². The number of hydrogen-bond acceptors (Lipinski definition) is 2. The zero-order valence-electron chi connectivity index (χ0n) is 11.8. The van der Waals surface area contributed by atoms with Crippen LogP contribution in [-0.2, 0) is 11.2 Å². The van der Waals surface area contributed by atoms with Crippen LogP contribution in [0.2, 0.25) is 0 Å². The van der Waals surface area contributed by atoms with Crippen molar-refractivity contribution in [3.63, 3.8) is 0 Å². The molecule has 1 aliphatic rings. The molecule has 3 nitrogen and oxygen atoms in total. The number of carbonyl (C=O) groups excluding carboxylic acids is 1. The van der Waals surface area contributed by atoms with E-state index in [-0.39, 0.29) is 12.5 Å². The summed E-state index contributed by atoms with van der Waals surface area (Å²) < 4.78 is 0. The van der Waals surface area contributed by atoms with Gasteiger partial charge in [-0.05, 0) is 42.9 Å². The lowest BCUT2D eigenvalue weighted by Crippen LogP contribution is -2.44. The minimum atomic E-state index is -0.531. The number of rotatable bonds is 5. The summed E-state index contributed by atoms with van der Waals surface area (Å²) in [6.07, 6.45) is 3.66. The van der Waals surface area contributed by atoms with Crippen LogP contribution in [0.5, 0.6) is 0 Å². The zero-order valence-corrected chi connectivity index (χ0v) is 11.8. The summed E-state index contributed by atoms with van der Waals surface area (Å²) >= 11 is 0. The first-order valence-electron chi connectivity index (χ1n) is 7.07. The average molecular weight is 261 g/mol. The molecular weight excluding hydrogens is 238 g/mol. The minimum Gasteiger partial charge on any atom is -0.395 e. The fraction of sp³-hybridized carbons (Fsp3) is 0.562. The van der Waals surface area contributed by atoms with E-state index in [2.05, 4.69) is 31.3 Å². The predicted molar refractivity (Wildman–Crippen MR) is 77.0 cm³/mol. The Morgan fingerprint density at radius 2 is 1.95 bits per heavy atom. The highest BCUT2D eigenvalue weighted by Crippen LogP contribution is 2.41. The third-order valence-electron chi connectivity index (χ3n) is 3.95. The topological polar surface area (TPSA) is 49.3 Å². The Balaban J connectivity index is 1.97. The smallest absolute Gasteiger partial charge is 0.232 e. The number of amides is 1. The summed E-state index contributed by atoms with van der Waals surface area (Å²) in [5.74, 6) is 0.589. The quantitative estimate of drug-likeness (QED) is 0.856. The summed E-state index contributed by atoms with van der Waals surface area (Å²) in [5, 5.41) is 12.3. The summed E-state index contributed by atoms with van der Waals surface area (Å²) in [6.45, 7) is 4.33. The molecule has 0 atom stereocenters. The Kier molecular flexibility index (Phi) is 4.25. The van der Waals surface area contributed by atoms with E-state index in [0.717, 1.165) is 31.4 Å². The third-order valence-corrected chi connectivity index (χ3v) is 3.95. The molecule has 2 N–H and O–H groups in total. The van der Waals surface area contributed by atoms with E-state index >= 15 is 0 Å². The van der Waals surface area contributed by atoms with E-state index in [9.17, 15) is 9.90 Å². The fourth-order valence-electron chi connectivity index (χ4n) is 2.52. The Bertz CT molecular complexity index is 427. The third kappa shape index (κ3) is 3.16. The first-order valence-corrected chi connectivity index (χ1v) is 7.07. The molecule has 1 aliphatic carbocycles. The van der Waals surface area contributed by atoms with Crippen LogP contribution in [0.3, 0.4) is 0 Å². The lowest BCUT2D eigenvalue weighted by molar-refractivity contribution is -0.133. The Morgan fingerprint density at radius 1 is 1.32 bits per heavy atom. The van der Waals surface area contributed by atoms with Crippen molar-refractivity contribution in [3.05, 3.63) is 29.8 Å². The second kappa shape index (κ2) is 5.74. The van der Waals surface area contributed by atoms with Gasteiger partial charge in [0.2, 0.25) is 5.91 Å². The lowest BCUT2D eigenvalue weighted by atomic mass is 9.68.